The Bertz CT molecular complexity index is 653. The fraction of sp³-hybridized carbons (Fsp3) is 0.250. The van der Waals surface area contributed by atoms with E-state index in [0.29, 0.717) is 5.56 Å². The molecule has 0 atom stereocenters. The summed E-state index contributed by atoms with van der Waals surface area (Å²) in [5, 5.41) is 8.76. The van der Waals surface area contributed by atoms with Gasteiger partial charge in [-0.05, 0) is 24.0 Å². The number of unbranched alkanes of at least 4 members (excludes halogenated alkanes) is 1. The lowest BCUT2D eigenvalue weighted by molar-refractivity contribution is 0.0659. The summed E-state index contributed by atoms with van der Waals surface area (Å²) >= 11 is 0. The highest BCUT2D eigenvalue weighted by atomic mass is 16.4. The van der Waals surface area contributed by atoms with Gasteiger partial charge >= 0.3 is 5.97 Å². The Kier molecular flexibility index (Phi) is 4.35. The van der Waals surface area contributed by atoms with Gasteiger partial charge in [0, 0.05) is 6.07 Å². The molecule has 2 aromatic rings. The number of aromatic carboxylic acids is 1. The summed E-state index contributed by atoms with van der Waals surface area (Å²) in [6.07, 6.45) is 4.49. The number of carboxylic acids is 1. The van der Waals surface area contributed by atoms with Gasteiger partial charge in [-0.2, -0.15) is 0 Å². The van der Waals surface area contributed by atoms with Crippen LogP contribution in [-0.4, -0.2) is 11.1 Å². The summed E-state index contributed by atoms with van der Waals surface area (Å²) in [5.74, 6) is -1.60. The van der Waals surface area contributed by atoms with E-state index in [1.54, 1.807) is 0 Å². The second-order valence-electron chi connectivity index (χ2n) is 4.63. The maximum Gasteiger partial charge on any atom is 0.371 e. The first-order chi connectivity index (χ1) is 9.61. The van der Waals surface area contributed by atoms with E-state index >= 15 is 0 Å². The van der Waals surface area contributed by atoms with Gasteiger partial charge in [-0.1, -0.05) is 37.6 Å². The summed E-state index contributed by atoms with van der Waals surface area (Å²) in [6.45, 7) is 2.14. The number of rotatable bonds is 5. The molecular weight excluding hydrogens is 256 g/mol. The summed E-state index contributed by atoms with van der Waals surface area (Å²) < 4.78 is 4.95. The molecule has 104 valence electrons. The minimum atomic E-state index is -1.25. The summed E-state index contributed by atoms with van der Waals surface area (Å²) in [7, 11) is 0. The van der Waals surface area contributed by atoms with E-state index in [1.165, 1.54) is 11.8 Å². The average molecular weight is 272 g/mol. The highest BCUT2D eigenvalue weighted by Crippen LogP contribution is 2.17. The van der Waals surface area contributed by atoms with E-state index < -0.39 is 5.97 Å². The van der Waals surface area contributed by atoms with Gasteiger partial charge in [0.25, 0.3) is 0 Å². The van der Waals surface area contributed by atoms with Crippen molar-refractivity contribution in [2.45, 2.75) is 26.2 Å². The molecule has 4 nitrogen and oxygen atoms in total. The predicted molar refractivity (Wildman–Crippen MR) is 76.0 cm³/mol. The molecule has 1 aromatic carbocycles. The Morgan fingerprint density at radius 2 is 1.95 bits per heavy atom. The van der Waals surface area contributed by atoms with Gasteiger partial charge in [0.2, 0.25) is 5.76 Å². The lowest BCUT2D eigenvalue weighted by Gasteiger charge is -2.03. The molecule has 0 saturated carbocycles. The van der Waals surface area contributed by atoms with E-state index in [9.17, 15) is 9.59 Å². The fourth-order valence-corrected chi connectivity index (χ4v) is 1.97. The van der Waals surface area contributed by atoms with Gasteiger partial charge in [-0.25, -0.2) is 4.79 Å². The Labute approximate surface area is 116 Å². The van der Waals surface area contributed by atoms with Crippen molar-refractivity contribution < 1.29 is 14.3 Å². The monoisotopic (exact) mass is 272 g/mol. The molecule has 0 unspecified atom stereocenters. The third kappa shape index (κ3) is 3.15. The second kappa shape index (κ2) is 6.19. The normalized spacial score (nSPS) is 10.4. The van der Waals surface area contributed by atoms with Crippen LogP contribution >= 0.6 is 0 Å². The Morgan fingerprint density at radius 1 is 1.25 bits per heavy atom. The number of hydrogen-bond donors (Lipinski definition) is 1. The molecule has 4 heteroatoms. The van der Waals surface area contributed by atoms with E-state index in [2.05, 4.69) is 6.92 Å². The van der Waals surface area contributed by atoms with Crippen molar-refractivity contribution in [3.05, 3.63) is 58.1 Å². The lowest BCUT2D eigenvalue weighted by Crippen LogP contribution is -2.07. The quantitative estimate of drug-likeness (QED) is 0.906. The van der Waals surface area contributed by atoms with Crippen molar-refractivity contribution in [2.75, 3.05) is 0 Å². The Hall–Kier alpha value is -2.36. The summed E-state index contributed by atoms with van der Waals surface area (Å²) in [5.41, 5.74) is 1.98. The molecule has 0 radical (unpaired) electrons. The average Bonchev–Trinajstić information content (AvgIpc) is 2.45. The molecule has 0 bridgehead atoms. The first kappa shape index (κ1) is 14.1. The highest BCUT2D eigenvalue weighted by molar-refractivity contribution is 5.84. The van der Waals surface area contributed by atoms with E-state index in [-0.39, 0.29) is 11.2 Å². The standard InChI is InChI=1S/C16H16O4/c1-2-3-4-11-5-7-12(8-6-11)13-10-20-15(16(18)19)9-14(13)17/h5-10H,2-4H2,1H3,(H,18,19). The van der Waals surface area contributed by atoms with Crippen LogP contribution in [0.3, 0.4) is 0 Å². The molecule has 0 saturated heterocycles. The third-order valence-corrected chi connectivity index (χ3v) is 3.13. The van der Waals surface area contributed by atoms with Crippen LogP contribution in [0, 0.1) is 0 Å². The van der Waals surface area contributed by atoms with Gasteiger partial charge in [0.05, 0.1) is 5.56 Å². The predicted octanol–water partition coefficient (Wildman–Crippen LogP) is 3.35. The maximum atomic E-state index is 11.9. The van der Waals surface area contributed by atoms with E-state index in [0.717, 1.165) is 30.9 Å². The number of hydrogen-bond acceptors (Lipinski definition) is 3. The van der Waals surface area contributed by atoms with Gasteiger partial charge in [-0.3, -0.25) is 4.79 Å². The maximum absolute atomic E-state index is 11.9. The number of benzene rings is 1. The molecule has 1 aromatic heterocycles. The first-order valence-corrected chi connectivity index (χ1v) is 6.57. The van der Waals surface area contributed by atoms with Crippen molar-refractivity contribution in [1.29, 1.82) is 0 Å². The smallest absolute Gasteiger partial charge is 0.371 e. The number of carboxylic acid groups (broad SMARTS) is 1. The van der Waals surface area contributed by atoms with Crippen LogP contribution < -0.4 is 5.43 Å². The van der Waals surface area contributed by atoms with Crippen molar-refractivity contribution >= 4 is 5.97 Å². The fourth-order valence-electron chi connectivity index (χ4n) is 1.97. The van der Waals surface area contributed by atoms with Crippen molar-refractivity contribution in [1.82, 2.24) is 0 Å². The van der Waals surface area contributed by atoms with Crippen LogP contribution in [0.5, 0.6) is 0 Å². The molecule has 0 aliphatic carbocycles. The first-order valence-electron chi connectivity index (χ1n) is 6.57. The SMILES string of the molecule is CCCCc1ccc(-c2coc(C(=O)O)cc2=O)cc1. The van der Waals surface area contributed by atoms with Crippen LogP contribution in [-0.2, 0) is 6.42 Å². The van der Waals surface area contributed by atoms with Gasteiger partial charge in [0.1, 0.15) is 6.26 Å². The Morgan fingerprint density at radius 3 is 2.50 bits per heavy atom. The highest BCUT2D eigenvalue weighted by Gasteiger charge is 2.10. The van der Waals surface area contributed by atoms with Gasteiger partial charge < -0.3 is 9.52 Å². The largest absolute Gasteiger partial charge is 0.475 e. The second-order valence-corrected chi connectivity index (χ2v) is 4.63. The molecule has 0 aliphatic rings. The van der Waals surface area contributed by atoms with Crippen molar-refractivity contribution in [3.8, 4) is 11.1 Å². The topological polar surface area (TPSA) is 67.5 Å². The van der Waals surface area contributed by atoms with E-state index in [1.807, 2.05) is 24.3 Å². The Balaban J connectivity index is 2.28. The van der Waals surface area contributed by atoms with E-state index in [4.69, 9.17) is 9.52 Å². The molecule has 0 fully saturated rings. The van der Waals surface area contributed by atoms with Gasteiger partial charge in [-0.15, -0.1) is 0 Å². The summed E-state index contributed by atoms with van der Waals surface area (Å²) in [6, 6.07) is 8.68. The molecule has 0 aliphatic heterocycles. The molecule has 0 spiro atoms. The van der Waals surface area contributed by atoms with Crippen LogP contribution in [0.25, 0.3) is 11.1 Å². The zero-order chi connectivity index (χ0) is 14.5. The van der Waals surface area contributed by atoms with Crippen molar-refractivity contribution in [3.63, 3.8) is 0 Å². The minimum Gasteiger partial charge on any atom is -0.475 e. The van der Waals surface area contributed by atoms with Crippen molar-refractivity contribution in [2.24, 2.45) is 0 Å². The third-order valence-electron chi connectivity index (χ3n) is 3.13. The van der Waals surface area contributed by atoms with Crippen LogP contribution in [0.2, 0.25) is 0 Å². The van der Waals surface area contributed by atoms with Gasteiger partial charge in [0.15, 0.2) is 5.43 Å². The molecule has 2 rings (SSSR count). The molecule has 1 heterocycles. The summed E-state index contributed by atoms with van der Waals surface area (Å²) in [4.78, 5) is 22.6. The van der Waals surface area contributed by atoms with Crippen LogP contribution in [0.1, 0.15) is 35.9 Å². The zero-order valence-corrected chi connectivity index (χ0v) is 11.3. The number of carbonyl (C=O) groups is 1. The molecule has 20 heavy (non-hydrogen) atoms. The zero-order valence-electron chi connectivity index (χ0n) is 11.3. The van der Waals surface area contributed by atoms with Crippen LogP contribution in [0.15, 0.2) is 45.8 Å². The minimum absolute atomic E-state index is 0.349. The molecule has 1 N–H and O–H groups in total. The molecule has 0 amide bonds. The van der Waals surface area contributed by atoms with Crippen LogP contribution in [0.4, 0.5) is 0 Å². The lowest BCUT2D eigenvalue weighted by atomic mass is 10.0. The molecular formula is C16H16O4. The number of aryl methyl sites for hydroxylation is 1.